The zero-order valence-corrected chi connectivity index (χ0v) is 22.0. The zero-order valence-electron chi connectivity index (χ0n) is 22.0. The van der Waals surface area contributed by atoms with Gasteiger partial charge in [-0.15, -0.1) is 0 Å². The van der Waals surface area contributed by atoms with Gasteiger partial charge in [-0.3, -0.25) is 9.59 Å². The molecule has 4 aromatic carbocycles. The van der Waals surface area contributed by atoms with Crippen molar-refractivity contribution in [3.63, 3.8) is 0 Å². The smallest absolute Gasteiger partial charge is 0.335 e. The number of ether oxygens (including phenoxy) is 2. The lowest BCUT2D eigenvalue weighted by Gasteiger charge is -2.14. The molecule has 0 saturated heterocycles. The van der Waals surface area contributed by atoms with Gasteiger partial charge in [-0.1, -0.05) is 12.1 Å². The van der Waals surface area contributed by atoms with Crippen LogP contribution in [-0.4, -0.2) is 42.1 Å². The van der Waals surface area contributed by atoms with Gasteiger partial charge in [0, 0.05) is 23.9 Å². The Morgan fingerprint density at radius 2 is 1.71 bits per heavy atom. The number of fused-ring (bicyclic) bond motifs is 2. The van der Waals surface area contributed by atoms with Gasteiger partial charge >= 0.3 is 5.97 Å². The summed E-state index contributed by atoms with van der Waals surface area (Å²) in [5, 5.41) is 12.6. The van der Waals surface area contributed by atoms with Crippen LogP contribution in [0, 0.1) is 0 Å². The highest BCUT2D eigenvalue weighted by Crippen LogP contribution is 2.33. The number of nitrogens with one attached hydrogen (secondary N) is 1. The molecule has 5 aromatic rings. The van der Waals surface area contributed by atoms with Crippen molar-refractivity contribution in [2.75, 3.05) is 24.4 Å². The second-order valence-electron chi connectivity index (χ2n) is 9.31. The molecule has 0 bridgehead atoms. The molecule has 1 aromatic heterocycles. The fraction of sp³-hybridized carbons (Fsp3) is 0.0968. The first-order chi connectivity index (χ1) is 19.9. The predicted molar refractivity (Wildman–Crippen MR) is 151 cm³/mol. The number of aromatic nitrogens is 1. The number of imide groups is 1. The Morgan fingerprint density at radius 1 is 0.902 bits per heavy atom. The second kappa shape index (κ2) is 10.2. The minimum atomic E-state index is -1.18. The maximum atomic E-state index is 13.1. The lowest BCUT2D eigenvalue weighted by atomic mass is 10.1. The summed E-state index contributed by atoms with van der Waals surface area (Å²) < 4.78 is 16.7. The molecule has 0 saturated carbocycles. The van der Waals surface area contributed by atoms with Gasteiger partial charge in [-0.25, -0.2) is 14.7 Å². The van der Waals surface area contributed by atoms with E-state index in [0.717, 1.165) is 16.2 Å². The number of carboxylic acids is 1. The maximum Gasteiger partial charge on any atom is 0.335 e. The largest absolute Gasteiger partial charge is 0.493 e. The summed E-state index contributed by atoms with van der Waals surface area (Å²) in [5.74, 6) is -0.663. The fourth-order valence-electron chi connectivity index (χ4n) is 4.74. The van der Waals surface area contributed by atoms with Gasteiger partial charge in [0.25, 0.3) is 11.8 Å². The third kappa shape index (κ3) is 4.61. The lowest BCUT2D eigenvalue weighted by molar-refractivity contribution is 0.0696. The lowest BCUT2D eigenvalue weighted by Crippen LogP contribution is -2.29. The highest BCUT2D eigenvalue weighted by atomic mass is 16.5. The van der Waals surface area contributed by atoms with Crippen molar-refractivity contribution in [2.45, 2.75) is 6.54 Å². The van der Waals surface area contributed by atoms with Crippen LogP contribution in [-0.2, 0) is 6.54 Å². The first-order valence-corrected chi connectivity index (χ1v) is 12.6. The number of aromatic carboxylic acids is 1. The molecule has 0 spiro atoms. The number of rotatable bonds is 8. The van der Waals surface area contributed by atoms with Crippen LogP contribution in [0.3, 0.4) is 0 Å². The highest BCUT2D eigenvalue weighted by Gasteiger charge is 2.37. The second-order valence-corrected chi connectivity index (χ2v) is 9.31. The molecule has 1 aliphatic rings. The van der Waals surface area contributed by atoms with Gasteiger partial charge < -0.3 is 24.3 Å². The van der Waals surface area contributed by atoms with Crippen LogP contribution < -0.4 is 19.7 Å². The molecule has 10 nitrogen and oxygen atoms in total. The third-order valence-corrected chi connectivity index (χ3v) is 6.82. The van der Waals surface area contributed by atoms with E-state index in [4.69, 9.17) is 13.9 Å². The molecule has 2 N–H and O–H groups in total. The van der Waals surface area contributed by atoms with Crippen LogP contribution in [0.25, 0.3) is 22.6 Å². The van der Waals surface area contributed by atoms with Crippen molar-refractivity contribution >= 4 is 40.3 Å². The number of hydrogen-bond donors (Lipinski definition) is 2. The monoisotopic (exact) mass is 549 g/mol. The Morgan fingerprint density at radius 3 is 2.49 bits per heavy atom. The first-order valence-electron chi connectivity index (χ1n) is 12.6. The molecule has 10 heteroatoms. The van der Waals surface area contributed by atoms with Gasteiger partial charge in [-0.2, -0.15) is 0 Å². The van der Waals surface area contributed by atoms with Crippen molar-refractivity contribution in [1.29, 1.82) is 0 Å². The highest BCUT2D eigenvalue weighted by molar-refractivity contribution is 6.34. The molecule has 0 aliphatic carbocycles. The molecule has 6 rings (SSSR count). The SMILES string of the molecule is COc1ccc(CNc2ccc3nc(-c4cccc(N5C(=O)c6ccc(C(=O)O)cc6C5=O)c4)oc3c2)cc1OC. The zero-order chi connectivity index (χ0) is 28.7. The van der Waals surface area contributed by atoms with Gasteiger partial charge in [-0.05, 0) is 66.2 Å². The molecule has 41 heavy (non-hydrogen) atoms. The number of methoxy groups -OCH3 is 2. The summed E-state index contributed by atoms with van der Waals surface area (Å²) in [4.78, 5) is 43.1. The topological polar surface area (TPSA) is 131 Å². The number of benzene rings is 4. The molecule has 0 radical (unpaired) electrons. The molecule has 0 fully saturated rings. The van der Waals surface area contributed by atoms with Gasteiger partial charge in [0.15, 0.2) is 17.1 Å². The normalized spacial score (nSPS) is 12.5. The fourth-order valence-corrected chi connectivity index (χ4v) is 4.74. The Balaban J connectivity index is 1.24. The van der Waals surface area contributed by atoms with Crippen molar-refractivity contribution < 1.29 is 33.4 Å². The van der Waals surface area contributed by atoms with E-state index in [-0.39, 0.29) is 16.7 Å². The standard InChI is InChI=1S/C31H23N3O7/c1-39-25-11-6-17(12-27(25)40-2)16-32-20-8-10-24-26(15-20)41-28(33-24)18-4-3-5-21(13-18)34-29(35)22-9-7-19(31(37)38)14-23(22)30(34)36/h3-15,32H,16H2,1-2H3,(H,37,38). The Kier molecular flexibility index (Phi) is 6.35. The predicted octanol–water partition coefficient (Wildman–Crippen LogP) is 5.62. The van der Waals surface area contributed by atoms with E-state index in [0.29, 0.717) is 46.3 Å². The van der Waals surface area contributed by atoms with Crippen molar-refractivity contribution in [3.05, 3.63) is 101 Å². The van der Waals surface area contributed by atoms with E-state index < -0.39 is 17.8 Å². The van der Waals surface area contributed by atoms with Crippen LogP contribution in [0.15, 0.2) is 83.3 Å². The summed E-state index contributed by atoms with van der Waals surface area (Å²) in [6, 6.07) is 21.9. The molecule has 1 aliphatic heterocycles. The third-order valence-electron chi connectivity index (χ3n) is 6.82. The molecular weight excluding hydrogens is 526 g/mol. The van der Waals surface area contributed by atoms with Crippen LogP contribution in [0.1, 0.15) is 36.6 Å². The van der Waals surface area contributed by atoms with Crippen molar-refractivity contribution in [1.82, 2.24) is 4.98 Å². The van der Waals surface area contributed by atoms with Crippen LogP contribution in [0.2, 0.25) is 0 Å². The Bertz CT molecular complexity index is 1860. The average molecular weight is 550 g/mol. The summed E-state index contributed by atoms with van der Waals surface area (Å²) in [7, 11) is 3.19. The number of hydrogen-bond acceptors (Lipinski definition) is 8. The molecule has 0 unspecified atom stereocenters. The Labute approximate surface area is 233 Å². The first kappa shape index (κ1) is 25.6. The van der Waals surface area contributed by atoms with Gasteiger partial charge in [0.05, 0.1) is 36.6 Å². The van der Waals surface area contributed by atoms with E-state index in [1.165, 1.54) is 18.2 Å². The van der Waals surface area contributed by atoms with E-state index >= 15 is 0 Å². The molecule has 2 heterocycles. The number of carbonyl (C=O) groups excluding carboxylic acids is 2. The molecule has 0 atom stereocenters. The number of anilines is 2. The Hall–Kier alpha value is -5.64. The molecule has 204 valence electrons. The molecular formula is C31H23N3O7. The quantitative estimate of drug-likeness (QED) is 0.237. The van der Waals surface area contributed by atoms with E-state index in [9.17, 15) is 19.5 Å². The van der Waals surface area contributed by atoms with Gasteiger partial charge in [0.2, 0.25) is 5.89 Å². The summed E-state index contributed by atoms with van der Waals surface area (Å²) in [6.07, 6.45) is 0. The van der Waals surface area contributed by atoms with E-state index in [2.05, 4.69) is 10.3 Å². The average Bonchev–Trinajstić information content (AvgIpc) is 3.53. The van der Waals surface area contributed by atoms with E-state index in [1.54, 1.807) is 38.5 Å². The van der Waals surface area contributed by atoms with Crippen LogP contribution >= 0.6 is 0 Å². The minimum Gasteiger partial charge on any atom is -0.493 e. The molecule has 2 amide bonds. The minimum absolute atomic E-state index is 0.0512. The van der Waals surface area contributed by atoms with Crippen LogP contribution in [0.5, 0.6) is 11.5 Å². The van der Waals surface area contributed by atoms with E-state index in [1.807, 2.05) is 36.4 Å². The number of carboxylic acid groups (broad SMARTS) is 1. The van der Waals surface area contributed by atoms with Crippen molar-refractivity contribution in [3.8, 4) is 23.0 Å². The van der Waals surface area contributed by atoms with Gasteiger partial charge in [0.1, 0.15) is 5.52 Å². The number of oxazole rings is 1. The van der Waals surface area contributed by atoms with Crippen molar-refractivity contribution in [2.24, 2.45) is 0 Å². The number of amides is 2. The van der Waals surface area contributed by atoms with Crippen LogP contribution in [0.4, 0.5) is 11.4 Å². The summed E-state index contributed by atoms with van der Waals surface area (Å²) >= 11 is 0. The summed E-state index contributed by atoms with van der Waals surface area (Å²) in [5.41, 5.74) is 4.07. The summed E-state index contributed by atoms with van der Waals surface area (Å²) in [6.45, 7) is 0.545. The number of carbonyl (C=O) groups is 3. The number of nitrogens with zero attached hydrogens (tertiary/aromatic N) is 2. The maximum absolute atomic E-state index is 13.1.